The van der Waals surface area contributed by atoms with Crippen molar-refractivity contribution in [3.8, 4) is 0 Å². The molecule has 0 saturated carbocycles. The number of rotatable bonds is 5. The third kappa shape index (κ3) is 7.74. The summed E-state index contributed by atoms with van der Waals surface area (Å²) in [6.45, 7) is 0.240. The summed E-state index contributed by atoms with van der Waals surface area (Å²) in [6, 6.07) is 0. The van der Waals surface area contributed by atoms with Crippen LogP contribution in [0.3, 0.4) is 0 Å². The maximum absolute atomic E-state index is 9.80. The minimum Gasteiger partial charge on any atom is -0.480 e. The predicted octanol–water partition coefficient (Wildman–Crippen LogP) is -0.478. The van der Waals surface area contributed by atoms with Crippen LogP contribution < -0.4 is 5.48 Å². The van der Waals surface area contributed by atoms with Gasteiger partial charge in [0.25, 0.3) is 0 Å². The molecule has 0 saturated heterocycles. The molecule has 0 atom stereocenters. The van der Waals surface area contributed by atoms with Crippen molar-refractivity contribution >= 4 is 18.6 Å². The first-order chi connectivity index (χ1) is 4.27. The Kier molecular flexibility index (Phi) is 5.70. The second-order valence-corrected chi connectivity index (χ2v) is 1.73. The molecule has 0 aromatic heterocycles. The van der Waals surface area contributed by atoms with E-state index in [1.54, 1.807) is 0 Å². The smallest absolute Gasteiger partial charge is 0.319 e. The van der Waals surface area contributed by atoms with Crippen molar-refractivity contribution in [2.75, 3.05) is 18.9 Å². The summed E-state index contributed by atoms with van der Waals surface area (Å²) in [5, 5.41) is 8.05. The molecule has 0 aromatic rings. The second-order valence-electron chi connectivity index (χ2n) is 1.29. The van der Waals surface area contributed by atoms with E-state index in [9.17, 15) is 4.79 Å². The number of carboxylic acid groups (broad SMARTS) is 1. The maximum Gasteiger partial charge on any atom is 0.319 e. The topological polar surface area (TPSA) is 58.6 Å². The first-order valence-corrected chi connectivity index (χ1v) is 3.08. The Morgan fingerprint density at radius 1 is 1.78 bits per heavy atom. The Morgan fingerprint density at radius 3 is 2.89 bits per heavy atom. The average Bonchev–Trinajstić information content (AvgIpc) is 1.80. The Balaban J connectivity index is 2.83. The number of carboxylic acids is 1. The minimum atomic E-state index is -0.936. The zero-order valence-corrected chi connectivity index (χ0v) is 5.73. The van der Waals surface area contributed by atoms with Crippen LogP contribution in [-0.4, -0.2) is 30.0 Å². The third-order valence-electron chi connectivity index (χ3n) is 0.519. The van der Waals surface area contributed by atoms with Crippen LogP contribution in [0.5, 0.6) is 0 Å². The quantitative estimate of drug-likeness (QED) is 0.282. The Labute approximate surface area is 58.6 Å². The van der Waals surface area contributed by atoms with Crippen LogP contribution in [0.4, 0.5) is 0 Å². The Bertz CT molecular complexity index is 87.9. The van der Waals surface area contributed by atoms with E-state index in [4.69, 9.17) is 5.11 Å². The molecule has 0 bridgehead atoms. The highest BCUT2D eigenvalue weighted by molar-refractivity contribution is 7.80. The summed E-state index contributed by atoms with van der Waals surface area (Å²) in [7, 11) is 0. The molecule has 4 nitrogen and oxygen atoms in total. The van der Waals surface area contributed by atoms with Gasteiger partial charge in [-0.25, -0.2) is 0 Å². The minimum absolute atomic E-state index is 0.173. The fourth-order valence-electron chi connectivity index (χ4n) is 0.231. The van der Waals surface area contributed by atoms with Crippen molar-refractivity contribution in [2.45, 2.75) is 0 Å². The molecule has 0 aliphatic heterocycles. The summed E-state index contributed by atoms with van der Waals surface area (Å²) >= 11 is 3.83. The highest BCUT2D eigenvalue weighted by Gasteiger charge is 1.92. The molecule has 0 heterocycles. The second kappa shape index (κ2) is 5.87. The number of hydrogen-bond acceptors (Lipinski definition) is 4. The number of hydrogen-bond donors (Lipinski definition) is 3. The van der Waals surface area contributed by atoms with Crippen LogP contribution in [0, 0.1) is 0 Å². The largest absolute Gasteiger partial charge is 0.480 e. The lowest BCUT2D eigenvalue weighted by molar-refractivity contribution is -0.138. The zero-order chi connectivity index (χ0) is 7.11. The number of hydroxylamine groups is 1. The Morgan fingerprint density at radius 2 is 2.44 bits per heavy atom. The molecule has 0 unspecified atom stereocenters. The average molecular weight is 151 g/mol. The molecule has 0 aliphatic carbocycles. The van der Waals surface area contributed by atoms with Crippen LogP contribution in [0.2, 0.25) is 0 Å². The van der Waals surface area contributed by atoms with Gasteiger partial charge in [0.05, 0.1) is 6.61 Å². The van der Waals surface area contributed by atoms with Crippen LogP contribution in [0.1, 0.15) is 0 Å². The molecule has 2 N–H and O–H groups in total. The molecule has 0 aliphatic rings. The van der Waals surface area contributed by atoms with Gasteiger partial charge < -0.3 is 9.94 Å². The van der Waals surface area contributed by atoms with Gasteiger partial charge in [-0.1, -0.05) is 0 Å². The fraction of sp³-hybridized carbons (Fsp3) is 0.750. The molecule has 0 spiro atoms. The van der Waals surface area contributed by atoms with Gasteiger partial charge in [0.2, 0.25) is 0 Å². The SMILES string of the molecule is O=C(O)CNOCCS. The van der Waals surface area contributed by atoms with Gasteiger partial charge in [-0.05, 0) is 0 Å². The van der Waals surface area contributed by atoms with Crippen LogP contribution >= 0.6 is 12.6 Å². The van der Waals surface area contributed by atoms with Crippen molar-refractivity contribution in [1.29, 1.82) is 0 Å². The standard InChI is InChI=1S/C4H9NO3S/c6-4(7)3-5-8-1-2-9/h5,9H,1-3H2,(H,6,7). The lowest BCUT2D eigenvalue weighted by Crippen LogP contribution is -2.23. The van der Waals surface area contributed by atoms with Crippen LogP contribution in [0.25, 0.3) is 0 Å². The van der Waals surface area contributed by atoms with E-state index in [0.29, 0.717) is 12.4 Å². The summed E-state index contributed by atoms with van der Waals surface area (Å²) in [5.41, 5.74) is 2.24. The summed E-state index contributed by atoms with van der Waals surface area (Å²) in [6.07, 6.45) is 0. The molecular formula is C4H9NO3S. The van der Waals surface area contributed by atoms with Gasteiger partial charge in [0.1, 0.15) is 6.54 Å². The van der Waals surface area contributed by atoms with Crippen molar-refractivity contribution in [1.82, 2.24) is 5.48 Å². The first kappa shape index (κ1) is 8.74. The van der Waals surface area contributed by atoms with Gasteiger partial charge in [-0.3, -0.25) is 4.79 Å². The van der Waals surface area contributed by atoms with Crippen molar-refractivity contribution in [2.24, 2.45) is 0 Å². The molecule has 54 valence electrons. The number of thiol groups is 1. The molecule has 0 radical (unpaired) electrons. The highest BCUT2D eigenvalue weighted by atomic mass is 32.1. The van der Waals surface area contributed by atoms with Gasteiger partial charge in [-0.15, -0.1) is 0 Å². The van der Waals surface area contributed by atoms with E-state index in [-0.39, 0.29) is 6.54 Å². The van der Waals surface area contributed by atoms with Crippen molar-refractivity contribution in [3.05, 3.63) is 0 Å². The first-order valence-electron chi connectivity index (χ1n) is 2.44. The third-order valence-corrected chi connectivity index (χ3v) is 0.701. The van der Waals surface area contributed by atoms with Crippen LogP contribution in [0.15, 0.2) is 0 Å². The fourth-order valence-corrected chi connectivity index (χ4v) is 0.322. The van der Waals surface area contributed by atoms with E-state index in [0.717, 1.165) is 0 Å². The van der Waals surface area contributed by atoms with E-state index in [1.807, 2.05) is 0 Å². The van der Waals surface area contributed by atoms with Gasteiger partial charge in [0.15, 0.2) is 0 Å². The highest BCUT2D eigenvalue weighted by Crippen LogP contribution is 1.72. The lowest BCUT2D eigenvalue weighted by atomic mass is 10.7. The van der Waals surface area contributed by atoms with Crippen molar-refractivity contribution in [3.63, 3.8) is 0 Å². The molecule has 5 heteroatoms. The summed E-state index contributed by atoms with van der Waals surface area (Å²) in [4.78, 5) is 14.4. The summed E-state index contributed by atoms with van der Waals surface area (Å²) < 4.78 is 0. The lowest BCUT2D eigenvalue weighted by Gasteiger charge is -1.98. The van der Waals surface area contributed by atoms with Crippen molar-refractivity contribution < 1.29 is 14.7 Å². The predicted molar refractivity (Wildman–Crippen MR) is 35.4 cm³/mol. The zero-order valence-electron chi connectivity index (χ0n) is 4.83. The van der Waals surface area contributed by atoms with Crippen LogP contribution in [-0.2, 0) is 9.63 Å². The molecule has 0 fully saturated rings. The Hall–Kier alpha value is -0.260. The van der Waals surface area contributed by atoms with Gasteiger partial charge in [-0.2, -0.15) is 18.1 Å². The number of carbonyl (C=O) groups is 1. The van der Waals surface area contributed by atoms with Gasteiger partial charge >= 0.3 is 5.97 Å². The summed E-state index contributed by atoms with van der Waals surface area (Å²) in [5.74, 6) is -0.360. The van der Waals surface area contributed by atoms with E-state index in [1.165, 1.54) is 0 Å². The molecule has 0 rings (SSSR count). The van der Waals surface area contributed by atoms with E-state index in [2.05, 4.69) is 22.9 Å². The van der Waals surface area contributed by atoms with E-state index >= 15 is 0 Å². The van der Waals surface area contributed by atoms with Gasteiger partial charge in [0, 0.05) is 5.75 Å². The number of aliphatic carboxylic acids is 1. The molecular weight excluding hydrogens is 142 g/mol. The molecule has 9 heavy (non-hydrogen) atoms. The number of nitrogens with one attached hydrogen (secondary N) is 1. The molecule has 0 amide bonds. The molecule has 0 aromatic carbocycles. The normalized spacial score (nSPS) is 9.44. The van der Waals surface area contributed by atoms with E-state index < -0.39 is 5.97 Å². The maximum atomic E-state index is 9.80. The monoisotopic (exact) mass is 151 g/mol.